The summed E-state index contributed by atoms with van der Waals surface area (Å²) in [4.78, 5) is 23.3. The second kappa shape index (κ2) is 9.14. The van der Waals surface area contributed by atoms with Crippen molar-refractivity contribution in [2.45, 2.75) is 20.0 Å². The highest BCUT2D eigenvalue weighted by Crippen LogP contribution is 2.19. The number of carbonyl (C=O) groups is 2. The number of carbonyl (C=O) groups excluding carboxylic acids is 2. The molecule has 128 valence electrons. The molecular formula is C20H19NO4. The maximum Gasteiger partial charge on any atom is 0.408 e. The fraction of sp³-hybridized carbons (Fsp3) is 0.200. The average molecular weight is 337 g/mol. The molecule has 5 heteroatoms. The molecule has 25 heavy (non-hydrogen) atoms. The van der Waals surface area contributed by atoms with Crippen molar-refractivity contribution >= 4 is 11.9 Å². The fourth-order valence-electron chi connectivity index (χ4n) is 2.06. The largest absolute Gasteiger partial charge is 0.507 e. The van der Waals surface area contributed by atoms with Gasteiger partial charge in [0.1, 0.15) is 12.4 Å². The molecule has 0 aliphatic carbocycles. The van der Waals surface area contributed by atoms with Gasteiger partial charge in [-0.25, -0.2) is 4.79 Å². The number of hydrogen-bond donors (Lipinski definition) is 2. The molecule has 0 bridgehead atoms. The Morgan fingerprint density at radius 3 is 2.64 bits per heavy atom. The molecule has 2 aromatic rings. The van der Waals surface area contributed by atoms with Crippen LogP contribution in [0.5, 0.6) is 5.75 Å². The van der Waals surface area contributed by atoms with Crippen molar-refractivity contribution in [3.63, 3.8) is 0 Å². The summed E-state index contributed by atoms with van der Waals surface area (Å²) < 4.78 is 5.07. The van der Waals surface area contributed by atoms with Crippen LogP contribution in [0.2, 0.25) is 0 Å². The van der Waals surface area contributed by atoms with Crippen molar-refractivity contribution in [3.8, 4) is 17.6 Å². The van der Waals surface area contributed by atoms with Gasteiger partial charge in [-0.15, -0.1) is 0 Å². The third kappa shape index (κ3) is 5.70. The molecule has 0 aliphatic rings. The molecule has 2 rings (SSSR count). The van der Waals surface area contributed by atoms with E-state index in [0.29, 0.717) is 12.0 Å². The van der Waals surface area contributed by atoms with Crippen LogP contribution in [-0.4, -0.2) is 23.5 Å². The molecule has 0 aliphatic heterocycles. The van der Waals surface area contributed by atoms with Crippen molar-refractivity contribution in [1.82, 2.24) is 5.32 Å². The lowest BCUT2D eigenvalue weighted by atomic mass is 10.0. The van der Waals surface area contributed by atoms with Crippen molar-refractivity contribution < 1.29 is 19.4 Å². The normalized spacial score (nSPS) is 9.64. The SMILES string of the molecule is CCC(=O)c1cc(C#CCNC(=O)OCc2ccccc2)ccc1O. The molecule has 0 aromatic heterocycles. The van der Waals surface area contributed by atoms with Gasteiger partial charge in [-0.3, -0.25) is 4.79 Å². The number of alkyl carbamates (subject to hydrolysis) is 1. The van der Waals surface area contributed by atoms with E-state index in [4.69, 9.17) is 4.74 Å². The van der Waals surface area contributed by atoms with Crippen molar-refractivity contribution in [3.05, 3.63) is 65.2 Å². The van der Waals surface area contributed by atoms with E-state index < -0.39 is 6.09 Å². The molecule has 2 N–H and O–H groups in total. The molecule has 1 amide bonds. The zero-order valence-electron chi connectivity index (χ0n) is 13.9. The minimum atomic E-state index is -0.550. The number of benzene rings is 2. The number of phenols is 1. The number of nitrogens with one attached hydrogen (secondary N) is 1. The molecule has 0 heterocycles. The summed E-state index contributed by atoms with van der Waals surface area (Å²) in [6.07, 6.45) is -0.245. The number of rotatable bonds is 5. The van der Waals surface area contributed by atoms with E-state index in [9.17, 15) is 14.7 Å². The molecule has 0 saturated carbocycles. The molecule has 0 saturated heterocycles. The summed E-state index contributed by atoms with van der Waals surface area (Å²) >= 11 is 0. The highest BCUT2D eigenvalue weighted by atomic mass is 16.5. The van der Waals surface area contributed by atoms with E-state index in [2.05, 4.69) is 17.2 Å². The topological polar surface area (TPSA) is 75.6 Å². The lowest BCUT2D eigenvalue weighted by Crippen LogP contribution is -2.24. The van der Waals surface area contributed by atoms with E-state index in [1.165, 1.54) is 6.07 Å². The molecule has 0 fully saturated rings. The molecule has 5 nitrogen and oxygen atoms in total. The summed E-state index contributed by atoms with van der Waals surface area (Å²) in [7, 11) is 0. The van der Waals surface area contributed by atoms with Gasteiger partial charge in [0, 0.05) is 12.0 Å². The number of amides is 1. The number of Topliss-reactive ketones (excluding diaryl/α,β-unsaturated/α-hetero) is 1. The quantitative estimate of drug-likeness (QED) is 0.649. The van der Waals surface area contributed by atoms with Crippen LogP contribution in [0.25, 0.3) is 0 Å². The van der Waals surface area contributed by atoms with E-state index in [1.807, 2.05) is 30.3 Å². The van der Waals surface area contributed by atoms with Crippen LogP contribution in [0.4, 0.5) is 4.79 Å². The molecule has 2 aromatic carbocycles. The Morgan fingerprint density at radius 2 is 1.92 bits per heavy atom. The van der Waals surface area contributed by atoms with E-state index in [-0.39, 0.29) is 30.2 Å². The molecule has 0 spiro atoms. The molecule has 0 unspecified atom stereocenters. The van der Waals surface area contributed by atoms with Gasteiger partial charge >= 0.3 is 6.09 Å². The van der Waals surface area contributed by atoms with Crippen LogP contribution >= 0.6 is 0 Å². The maximum atomic E-state index is 11.7. The average Bonchev–Trinajstić information content (AvgIpc) is 2.65. The lowest BCUT2D eigenvalue weighted by Gasteiger charge is -2.04. The van der Waals surface area contributed by atoms with Crippen LogP contribution in [0.3, 0.4) is 0 Å². The Hall–Kier alpha value is -3.26. The minimum absolute atomic E-state index is 0.0555. The van der Waals surface area contributed by atoms with E-state index >= 15 is 0 Å². The van der Waals surface area contributed by atoms with Crippen LogP contribution in [-0.2, 0) is 11.3 Å². The Bertz CT molecular complexity index is 803. The zero-order valence-corrected chi connectivity index (χ0v) is 13.9. The Kier molecular flexibility index (Phi) is 6.61. The van der Waals surface area contributed by atoms with Gasteiger partial charge in [-0.2, -0.15) is 0 Å². The van der Waals surface area contributed by atoms with Gasteiger partial charge in [0.25, 0.3) is 0 Å². The summed E-state index contributed by atoms with van der Waals surface area (Å²) in [5.41, 5.74) is 1.75. The molecule has 0 atom stereocenters. The van der Waals surface area contributed by atoms with Gasteiger partial charge < -0.3 is 15.2 Å². The van der Waals surface area contributed by atoms with Gasteiger partial charge in [0.15, 0.2) is 5.78 Å². The van der Waals surface area contributed by atoms with E-state index in [1.54, 1.807) is 19.1 Å². The van der Waals surface area contributed by atoms with Crippen LogP contribution in [0.1, 0.15) is 34.8 Å². The van der Waals surface area contributed by atoms with Gasteiger partial charge in [0.2, 0.25) is 0 Å². The van der Waals surface area contributed by atoms with Crippen molar-refractivity contribution in [2.75, 3.05) is 6.54 Å². The molecular weight excluding hydrogens is 318 g/mol. The zero-order chi connectivity index (χ0) is 18.1. The Labute approximate surface area is 146 Å². The number of phenolic OH excluding ortho intramolecular Hbond substituents is 1. The molecule has 0 radical (unpaired) electrons. The van der Waals surface area contributed by atoms with Crippen LogP contribution in [0, 0.1) is 11.8 Å². The Morgan fingerprint density at radius 1 is 1.16 bits per heavy atom. The smallest absolute Gasteiger partial charge is 0.408 e. The number of ether oxygens (including phenoxy) is 1. The minimum Gasteiger partial charge on any atom is -0.507 e. The standard InChI is InChI=1S/C20H19NO4/c1-2-18(22)17-13-15(10-11-19(17)23)9-6-12-21-20(24)25-14-16-7-4-3-5-8-16/h3-5,7-8,10-11,13,23H,2,12,14H2,1H3,(H,21,24). The van der Waals surface area contributed by atoms with E-state index in [0.717, 1.165) is 5.56 Å². The van der Waals surface area contributed by atoms with Gasteiger partial charge in [-0.05, 0) is 23.8 Å². The summed E-state index contributed by atoms with van der Waals surface area (Å²) in [6.45, 7) is 2.04. The summed E-state index contributed by atoms with van der Waals surface area (Å²) in [5.74, 6) is 5.41. The third-order valence-electron chi connectivity index (χ3n) is 3.38. The first-order chi connectivity index (χ1) is 12.1. The van der Waals surface area contributed by atoms with Crippen LogP contribution < -0.4 is 5.32 Å². The van der Waals surface area contributed by atoms with Crippen molar-refractivity contribution in [1.29, 1.82) is 0 Å². The summed E-state index contributed by atoms with van der Waals surface area (Å²) in [6, 6.07) is 14.0. The Balaban J connectivity index is 1.84. The van der Waals surface area contributed by atoms with Crippen molar-refractivity contribution in [2.24, 2.45) is 0 Å². The number of ketones is 1. The monoisotopic (exact) mass is 337 g/mol. The maximum absolute atomic E-state index is 11.7. The highest BCUT2D eigenvalue weighted by Gasteiger charge is 2.09. The predicted molar refractivity (Wildman–Crippen MR) is 94.2 cm³/mol. The van der Waals surface area contributed by atoms with Crippen LogP contribution in [0.15, 0.2) is 48.5 Å². The first kappa shape index (κ1) is 18.1. The fourth-order valence-corrected chi connectivity index (χ4v) is 2.06. The lowest BCUT2D eigenvalue weighted by molar-refractivity contribution is 0.0985. The van der Waals surface area contributed by atoms with Gasteiger partial charge in [0.05, 0.1) is 12.1 Å². The second-order valence-corrected chi connectivity index (χ2v) is 5.23. The number of hydrogen-bond acceptors (Lipinski definition) is 4. The third-order valence-corrected chi connectivity index (χ3v) is 3.38. The second-order valence-electron chi connectivity index (χ2n) is 5.23. The first-order valence-electron chi connectivity index (χ1n) is 7.89. The predicted octanol–water partition coefficient (Wildman–Crippen LogP) is 3.26. The highest BCUT2D eigenvalue weighted by molar-refractivity contribution is 5.98. The summed E-state index contributed by atoms with van der Waals surface area (Å²) in [5, 5.41) is 12.2. The van der Waals surface area contributed by atoms with Gasteiger partial charge in [-0.1, -0.05) is 49.1 Å². The number of aromatic hydroxyl groups is 1. The first-order valence-corrected chi connectivity index (χ1v) is 7.89.